The maximum absolute atomic E-state index is 10.9. The molecule has 0 unspecified atom stereocenters. The highest BCUT2D eigenvalue weighted by molar-refractivity contribution is 5.67. The van der Waals surface area contributed by atoms with Gasteiger partial charge in [0.1, 0.15) is 11.5 Å². The zero-order valence-electron chi connectivity index (χ0n) is 19.1. The number of carboxylic acids is 2. The number of benzene rings is 1. The van der Waals surface area contributed by atoms with Crippen molar-refractivity contribution in [3.05, 3.63) is 23.3 Å². The fraction of sp³-hybridized carbons (Fsp3) is 0.667. The predicted molar refractivity (Wildman–Crippen MR) is 118 cm³/mol. The minimum Gasteiger partial charge on any atom is -0.508 e. The first kappa shape index (κ1) is 25.8. The monoisotopic (exact) mass is 422 g/mol. The smallest absolute Gasteiger partial charge is 0.303 e. The Hall–Kier alpha value is -2.24. The van der Waals surface area contributed by atoms with Gasteiger partial charge in [0.25, 0.3) is 0 Å². The van der Waals surface area contributed by atoms with E-state index in [0.29, 0.717) is 38.0 Å². The summed E-state index contributed by atoms with van der Waals surface area (Å²) in [6.07, 6.45) is 4.47. The fourth-order valence-corrected chi connectivity index (χ4v) is 3.72. The van der Waals surface area contributed by atoms with Crippen LogP contribution in [0.3, 0.4) is 0 Å². The number of ether oxygens (including phenoxy) is 1. The van der Waals surface area contributed by atoms with Crippen molar-refractivity contribution in [3.8, 4) is 11.5 Å². The molecular formula is C24H38O6. The van der Waals surface area contributed by atoms with E-state index in [2.05, 4.69) is 6.92 Å². The third-order valence-corrected chi connectivity index (χ3v) is 5.70. The van der Waals surface area contributed by atoms with Gasteiger partial charge in [0, 0.05) is 24.0 Å². The molecule has 0 amide bonds. The first-order chi connectivity index (χ1) is 13.9. The van der Waals surface area contributed by atoms with E-state index in [1.165, 1.54) is 0 Å². The maximum Gasteiger partial charge on any atom is 0.303 e. The molecule has 0 fully saturated rings. The molecule has 6 heteroatoms. The zero-order valence-corrected chi connectivity index (χ0v) is 19.1. The zero-order chi connectivity index (χ0) is 22.9. The molecule has 0 aromatic heterocycles. The largest absolute Gasteiger partial charge is 0.508 e. The molecule has 0 saturated carbocycles. The number of hydrogen-bond acceptors (Lipinski definition) is 4. The van der Waals surface area contributed by atoms with Crippen LogP contribution in [0.5, 0.6) is 11.5 Å². The Labute approximate surface area is 180 Å². The number of rotatable bonds is 14. The summed E-state index contributed by atoms with van der Waals surface area (Å²) in [5.41, 5.74) is 0.838. The van der Waals surface area contributed by atoms with Crippen molar-refractivity contribution in [2.24, 2.45) is 0 Å². The lowest BCUT2D eigenvalue weighted by Crippen LogP contribution is -2.22. The molecule has 0 saturated heterocycles. The average Bonchev–Trinajstić information content (AvgIpc) is 2.61. The van der Waals surface area contributed by atoms with E-state index in [1.54, 1.807) is 6.07 Å². The van der Waals surface area contributed by atoms with Gasteiger partial charge in [-0.15, -0.1) is 0 Å². The van der Waals surface area contributed by atoms with Crippen LogP contribution < -0.4 is 4.74 Å². The van der Waals surface area contributed by atoms with E-state index < -0.39 is 17.4 Å². The molecule has 1 aromatic rings. The van der Waals surface area contributed by atoms with Crippen LogP contribution in [0.4, 0.5) is 0 Å². The number of unbranched alkanes of at least 4 members (excludes halogenated alkanes) is 1. The van der Waals surface area contributed by atoms with Crippen LogP contribution in [-0.4, -0.2) is 33.9 Å². The first-order valence-corrected chi connectivity index (χ1v) is 10.8. The summed E-state index contributed by atoms with van der Waals surface area (Å²) in [7, 11) is 0. The fourth-order valence-electron chi connectivity index (χ4n) is 3.72. The van der Waals surface area contributed by atoms with E-state index in [1.807, 2.05) is 33.8 Å². The van der Waals surface area contributed by atoms with Crippen LogP contribution in [0.1, 0.15) is 97.1 Å². The Kier molecular flexibility index (Phi) is 9.66. The Morgan fingerprint density at radius 2 is 1.37 bits per heavy atom. The van der Waals surface area contributed by atoms with Gasteiger partial charge in [-0.1, -0.05) is 41.0 Å². The van der Waals surface area contributed by atoms with Crippen LogP contribution in [0.2, 0.25) is 0 Å². The van der Waals surface area contributed by atoms with Gasteiger partial charge in [-0.2, -0.15) is 0 Å². The predicted octanol–water partition coefficient (Wildman–Crippen LogP) is 5.64. The van der Waals surface area contributed by atoms with Gasteiger partial charge in [0.15, 0.2) is 0 Å². The molecular weight excluding hydrogens is 384 g/mol. The summed E-state index contributed by atoms with van der Waals surface area (Å²) in [6, 6.07) is 3.64. The summed E-state index contributed by atoms with van der Waals surface area (Å²) in [6.45, 7) is 10.7. The summed E-state index contributed by atoms with van der Waals surface area (Å²) in [5, 5.41) is 28.7. The molecule has 30 heavy (non-hydrogen) atoms. The van der Waals surface area contributed by atoms with Crippen LogP contribution in [0.15, 0.2) is 12.1 Å². The van der Waals surface area contributed by atoms with E-state index in [0.717, 1.165) is 24.0 Å². The van der Waals surface area contributed by atoms with Gasteiger partial charge < -0.3 is 20.1 Å². The third kappa shape index (κ3) is 7.88. The van der Waals surface area contributed by atoms with Crippen molar-refractivity contribution in [3.63, 3.8) is 0 Å². The normalized spacial score (nSPS) is 12.0. The van der Waals surface area contributed by atoms with Gasteiger partial charge in [-0.3, -0.25) is 9.59 Å². The molecule has 3 N–H and O–H groups in total. The van der Waals surface area contributed by atoms with Gasteiger partial charge in [-0.25, -0.2) is 0 Å². The van der Waals surface area contributed by atoms with Gasteiger partial charge in [0.05, 0.1) is 6.61 Å². The molecule has 0 atom stereocenters. The number of hydrogen-bond donors (Lipinski definition) is 3. The number of carboxylic acid groups (broad SMARTS) is 2. The molecule has 0 bridgehead atoms. The van der Waals surface area contributed by atoms with Crippen molar-refractivity contribution in [1.29, 1.82) is 0 Å². The highest BCUT2D eigenvalue weighted by atomic mass is 16.5. The van der Waals surface area contributed by atoms with E-state index in [4.69, 9.17) is 14.9 Å². The van der Waals surface area contributed by atoms with Crippen LogP contribution in [0, 0.1) is 0 Å². The number of phenolic OH excluding ortho intramolecular Hbond substituents is 1. The summed E-state index contributed by atoms with van der Waals surface area (Å²) < 4.78 is 6.10. The molecule has 6 nitrogen and oxygen atoms in total. The second-order valence-corrected chi connectivity index (χ2v) is 9.33. The summed E-state index contributed by atoms with van der Waals surface area (Å²) in [4.78, 5) is 21.8. The second-order valence-electron chi connectivity index (χ2n) is 9.33. The first-order valence-electron chi connectivity index (χ1n) is 10.8. The molecule has 0 aliphatic carbocycles. The minimum absolute atomic E-state index is 0.0960. The summed E-state index contributed by atoms with van der Waals surface area (Å²) >= 11 is 0. The van der Waals surface area contributed by atoms with E-state index >= 15 is 0 Å². The van der Waals surface area contributed by atoms with Gasteiger partial charge in [-0.05, 0) is 55.1 Å². The van der Waals surface area contributed by atoms with Crippen LogP contribution in [-0.2, 0) is 20.4 Å². The van der Waals surface area contributed by atoms with Crippen molar-refractivity contribution in [2.45, 2.75) is 96.8 Å². The van der Waals surface area contributed by atoms with Crippen LogP contribution >= 0.6 is 0 Å². The lowest BCUT2D eigenvalue weighted by Gasteiger charge is -2.32. The molecule has 0 radical (unpaired) electrons. The Morgan fingerprint density at radius 3 is 1.83 bits per heavy atom. The third-order valence-electron chi connectivity index (χ3n) is 5.70. The Bertz CT molecular complexity index is 721. The van der Waals surface area contributed by atoms with E-state index in [-0.39, 0.29) is 24.0 Å². The molecule has 0 aliphatic rings. The van der Waals surface area contributed by atoms with Gasteiger partial charge >= 0.3 is 11.9 Å². The highest BCUT2D eigenvalue weighted by Gasteiger charge is 2.30. The number of aromatic hydroxyl groups is 1. The molecule has 1 aromatic carbocycles. The van der Waals surface area contributed by atoms with Gasteiger partial charge in [0.2, 0.25) is 0 Å². The number of carbonyl (C=O) groups is 2. The Balaban J connectivity index is 3.24. The lowest BCUT2D eigenvalue weighted by atomic mass is 9.75. The number of phenols is 1. The maximum atomic E-state index is 10.9. The standard InChI is InChI=1S/C24H38O6/c1-6-7-14-30-20-16-17(23(2,3)12-8-10-21(26)27)19(25)15-18(20)24(4,5)13-9-11-22(28)29/h15-16,25H,6-14H2,1-5H3,(H,26,27)(H,28,29). The second kappa shape index (κ2) is 11.2. The topological polar surface area (TPSA) is 104 Å². The highest BCUT2D eigenvalue weighted by Crippen LogP contribution is 2.44. The van der Waals surface area contributed by atoms with Crippen LogP contribution in [0.25, 0.3) is 0 Å². The van der Waals surface area contributed by atoms with Crippen molar-refractivity contribution in [2.75, 3.05) is 6.61 Å². The minimum atomic E-state index is -0.822. The lowest BCUT2D eigenvalue weighted by molar-refractivity contribution is -0.138. The molecule has 1 rings (SSSR count). The quantitative estimate of drug-likeness (QED) is 0.335. The van der Waals surface area contributed by atoms with Crippen molar-refractivity contribution >= 4 is 11.9 Å². The molecule has 170 valence electrons. The van der Waals surface area contributed by atoms with E-state index in [9.17, 15) is 14.7 Å². The van der Waals surface area contributed by atoms with Crippen molar-refractivity contribution < 1.29 is 29.6 Å². The molecule has 0 heterocycles. The number of aliphatic carboxylic acids is 2. The Morgan fingerprint density at radius 1 is 0.867 bits per heavy atom. The average molecular weight is 423 g/mol. The molecule has 0 spiro atoms. The molecule has 0 aliphatic heterocycles. The SMILES string of the molecule is CCCCOc1cc(C(C)(C)CCCC(=O)O)c(O)cc1C(C)(C)CCCC(=O)O. The summed E-state index contributed by atoms with van der Waals surface area (Å²) in [5.74, 6) is -0.758. The van der Waals surface area contributed by atoms with Crippen molar-refractivity contribution in [1.82, 2.24) is 0 Å².